The fraction of sp³-hybridized carbons (Fsp3) is 0.400. The first-order valence-corrected chi connectivity index (χ1v) is 6.65. The van der Waals surface area contributed by atoms with E-state index in [4.69, 9.17) is 0 Å². The van der Waals surface area contributed by atoms with Crippen molar-refractivity contribution in [2.24, 2.45) is 7.05 Å². The molecule has 0 aliphatic heterocycles. The van der Waals surface area contributed by atoms with Crippen molar-refractivity contribution in [2.45, 2.75) is 13.1 Å². The Hall–Kier alpha value is -1.65. The Morgan fingerprint density at radius 3 is 2.68 bits per heavy atom. The molecule has 0 radical (unpaired) electrons. The van der Waals surface area contributed by atoms with Crippen molar-refractivity contribution in [1.82, 2.24) is 20.0 Å². The summed E-state index contributed by atoms with van der Waals surface area (Å²) in [6.45, 7) is 3.90. The van der Waals surface area contributed by atoms with Crippen molar-refractivity contribution in [1.29, 1.82) is 0 Å². The number of benzene rings is 1. The van der Waals surface area contributed by atoms with Crippen molar-refractivity contribution in [3.63, 3.8) is 0 Å². The molecule has 4 nitrogen and oxygen atoms in total. The van der Waals surface area contributed by atoms with Crippen LogP contribution >= 0.6 is 0 Å². The molecule has 19 heavy (non-hydrogen) atoms. The van der Waals surface area contributed by atoms with Gasteiger partial charge in [-0.3, -0.25) is 4.68 Å². The molecule has 1 aromatic carbocycles. The second-order valence-corrected chi connectivity index (χ2v) is 4.92. The Kier molecular flexibility index (Phi) is 5.12. The van der Waals surface area contributed by atoms with Crippen LogP contribution in [0.4, 0.5) is 0 Å². The first kappa shape index (κ1) is 13.8. The Bertz CT molecular complexity index is 478. The lowest BCUT2D eigenvalue weighted by molar-refractivity contribution is 0.324. The van der Waals surface area contributed by atoms with E-state index in [1.165, 1.54) is 11.1 Å². The van der Waals surface area contributed by atoms with E-state index < -0.39 is 0 Å². The van der Waals surface area contributed by atoms with E-state index in [1.807, 2.05) is 24.0 Å². The maximum Gasteiger partial charge on any atom is 0.0534 e. The minimum Gasteiger partial charge on any atom is -0.311 e. The number of hydrogen-bond donors (Lipinski definition) is 1. The molecule has 2 rings (SSSR count). The summed E-state index contributed by atoms with van der Waals surface area (Å²) >= 11 is 0. The van der Waals surface area contributed by atoms with Crippen molar-refractivity contribution in [3.05, 3.63) is 53.9 Å². The summed E-state index contributed by atoms with van der Waals surface area (Å²) in [7, 11) is 4.09. The van der Waals surface area contributed by atoms with Crippen LogP contribution in [0, 0.1) is 0 Å². The zero-order valence-electron chi connectivity index (χ0n) is 11.7. The van der Waals surface area contributed by atoms with Gasteiger partial charge in [0.15, 0.2) is 0 Å². The largest absolute Gasteiger partial charge is 0.311 e. The van der Waals surface area contributed by atoms with Gasteiger partial charge in [0.25, 0.3) is 0 Å². The van der Waals surface area contributed by atoms with Crippen LogP contribution in [-0.4, -0.2) is 34.8 Å². The minimum atomic E-state index is 0.932. The van der Waals surface area contributed by atoms with Crippen molar-refractivity contribution in [3.8, 4) is 0 Å². The first-order chi connectivity index (χ1) is 9.24. The normalized spacial score (nSPS) is 11.1. The lowest BCUT2D eigenvalue weighted by atomic mass is 10.2. The van der Waals surface area contributed by atoms with E-state index in [0.29, 0.717) is 0 Å². The molecule has 1 heterocycles. The van der Waals surface area contributed by atoms with Crippen LogP contribution in [0.25, 0.3) is 0 Å². The van der Waals surface area contributed by atoms with Crippen LogP contribution in [0.5, 0.6) is 0 Å². The number of rotatable bonds is 7. The molecule has 0 spiro atoms. The van der Waals surface area contributed by atoms with Gasteiger partial charge >= 0.3 is 0 Å². The molecule has 2 aromatic rings. The molecule has 0 saturated heterocycles. The SMILES string of the molecule is CN(CCNCc1ccccc1)Cc1cnn(C)c1. The fourth-order valence-corrected chi connectivity index (χ4v) is 2.04. The van der Waals surface area contributed by atoms with Crippen LogP contribution < -0.4 is 5.32 Å². The highest BCUT2D eigenvalue weighted by Gasteiger charge is 2.01. The molecule has 102 valence electrons. The topological polar surface area (TPSA) is 33.1 Å². The summed E-state index contributed by atoms with van der Waals surface area (Å²) in [5, 5.41) is 7.64. The third kappa shape index (κ3) is 4.85. The number of likely N-dealkylation sites (N-methyl/N-ethyl adjacent to an activating group) is 1. The Morgan fingerprint density at radius 1 is 1.21 bits per heavy atom. The minimum absolute atomic E-state index is 0.932. The highest BCUT2D eigenvalue weighted by Crippen LogP contribution is 2.00. The summed E-state index contributed by atoms with van der Waals surface area (Å²) in [5.41, 5.74) is 2.59. The molecule has 0 aliphatic carbocycles. The second kappa shape index (κ2) is 7.07. The van der Waals surface area contributed by atoms with Gasteiger partial charge in [0.2, 0.25) is 0 Å². The Labute approximate surface area is 115 Å². The van der Waals surface area contributed by atoms with Gasteiger partial charge in [0, 0.05) is 45.0 Å². The maximum atomic E-state index is 4.18. The standard InChI is InChI=1S/C15H22N4/c1-18(12-15-11-17-19(2)13-15)9-8-16-10-14-6-4-3-5-7-14/h3-7,11,13,16H,8-10,12H2,1-2H3. The van der Waals surface area contributed by atoms with E-state index in [-0.39, 0.29) is 0 Å². The molecular formula is C15H22N4. The third-order valence-electron chi connectivity index (χ3n) is 3.05. The maximum absolute atomic E-state index is 4.18. The average Bonchev–Trinajstić information content (AvgIpc) is 2.81. The van der Waals surface area contributed by atoms with Gasteiger partial charge in [-0.05, 0) is 12.6 Å². The second-order valence-electron chi connectivity index (χ2n) is 4.92. The van der Waals surface area contributed by atoms with Crippen molar-refractivity contribution in [2.75, 3.05) is 20.1 Å². The molecule has 0 bridgehead atoms. The number of hydrogen-bond acceptors (Lipinski definition) is 3. The van der Waals surface area contributed by atoms with E-state index in [1.54, 1.807) is 0 Å². The van der Waals surface area contributed by atoms with Gasteiger partial charge in [-0.1, -0.05) is 30.3 Å². The highest BCUT2D eigenvalue weighted by atomic mass is 15.2. The van der Waals surface area contributed by atoms with E-state index >= 15 is 0 Å². The highest BCUT2D eigenvalue weighted by molar-refractivity contribution is 5.14. The summed E-state index contributed by atoms with van der Waals surface area (Å²) in [4.78, 5) is 2.30. The van der Waals surface area contributed by atoms with E-state index in [2.05, 4.69) is 52.8 Å². The third-order valence-corrected chi connectivity index (χ3v) is 3.05. The monoisotopic (exact) mass is 258 g/mol. The van der Waals surface area contributed by atoms with Gasteiger partial charge in [-0.2, -0.15) is 5.10 Å². The fourth-order valence-electron chi connectivity index (χ4n) is 2.04. The average molecular weight is 258 g/mol. The predicted octanol–water partition coefficient (Wildman–Crippen LogP) is 1.64. The van der Waals surface area contributed by atoms with Crippen LogP contribution in [0.1, 0.15) is 11.1 Å². The van der Waals surface area contributed by atoms with Gasteiger partial charge in [0.1, 0.15) is 0 Å². The number of aromatic nitrogens is 2. The van der Waals surface area contributed by atoms with Gasteiger partial charge in [0.05, 0.1) is 6.20 Å². The molecule has 0 fully saturated rings. The van der Waals surface area contributed by atoms with E-state index in [0.717, 1.165) is 26.2 Å². The summed E-state index contributed by atoms with van der Waals surface area (Å²) in [5.74, 6) is 0. The lowest BCUT2D eigenvalue weighted by Gasteiger charge is -2.15. The number of aryl methyl sites for hydroxylation is 1. The zero-order chi connectivity index (χ0) is 13.5. The number of nitrogens with zero attached hydrogens (tertiary/aromatic N) is 3. The molecule has 1 N–H and O–H groups in total. The Balaban J connectivity index is 1.63. The molecular weight excluding hydrogens is 236 g/mol. The molecule has 0 atom stereocenters. The predicted molar refractivity (Wildman–Crippen MR) is 77.7 cm³/mol. The Morgan fingerprint density at radius 2 is 2.00 bits per heavy atom. The number of nitrogens with one attached hydrogen (secondary N) is 1. The molecule has 1 aromatic heterocycles. The molecule has 0 amide bonds. The summed E-state index contributed by atoms with van der Waals surface area (Å²) in [6.07, 6.45) is 3.99. The smallest absolute Gasteiger partial charge is 0.0534 e. The van der Waals surface area contributed by atoms with Crippen LogP contribution in [-0.2, 0) is 20.1 Å². The van der Waals surface area contributed by atoms with Gasteiger partial charge < -0.3 is 10.2 Å². The van der Waals surface area contributed by atoms with Crippen LogP contribution in [0.3, 0.4) is 0 Å². The van der Waals surface area contributed by atoms with Crippen LogP contribution in [0.15, 0.2) is 42.7 Å². The van der Waals surface area contributed by atoms with Crippen molar-refractivity contribution < 1.29 is 0 Å². The van der Waals surface area contributed by atoms with E-state index in [9.17, 15) is 0 Å². The molecule has 4 heteroatoms. The quantitative estimate of drug-likeness (QED) is 0.767. The molecule has 0 saturated carbocycles. The van der Waals surface area contributed by atoms with Gasteiger partial charge in [-0.15, -0.1) is 0 Å². The summed E-state index contributed by atoms with van der Waals surface area (Å²) in [6, 6.07) is 10.5. The zero-order valence-corrected chi connectivity index (χ0v) is 11.7. The lowest BCUT2D eigenvalue weighted by Crippen LogP contribution is -2.28. The van der Waals surface area contributed by atoms with Crippen molar-refractivity contribution >= 4 is 0 Å². The van der Waals surface area contributed by atoms with Crippen LogP contribution in [0.2, 0.25) is 0 Å². The summed E-state index contributed by atoms with van der Waals surface area (Å²) < 4.78 is 1.84. The molecule has 0 aliphatic rings. The molecule has 0 unspecified atom stereocenters. The first-order valence-electron chi connectivity index (χ1n) is 6.65. The van der Waals surface area contributed by atoms with Gasteiger partial charge in [-0.25, -0.2) is 0 Å².